The molecule has 1 unspecified atom stereocenters. The van der Waals surface area contributed by atoms with E-state index in [0.717, 1.165) is 26.1 Å². The van der Waals surface area contributed by atoms with E-state index in [0.29, 0.717) is 0 Å². The highest BCUT2D eigenvalue weighted by Crippen LogP contribution is 2.38. The van der Waals surface area contributed by atoms with E-state index in [4.69, 9.17) is 4.74 Å². The summed E-state index contributed by atoms with van der Waals surface area (Å²) in [5, 5.41) is 3.54. The maximum Gasteiger partial charge on any atom is 0.122 e. The minimum absolute atomic E-state index is 0.182. The number of methoxy groups -OCH3 is 1. The van der Waals surface area contributed by atoms with Crippen LogP contribution >= 0.6 is 43.2 Å². The van der Waals surface area contributed by atoms with Gasteiger partial charge in [0.15, 0.2) is 0 Å². The lowest BCUT2D eigenvalue weighted by Gasteiger charge is -2.18. The van der Waals surface area contributed by atoms with Crippen molar-refractivity contribution in [3.63, 3.8) is 0 Å². The van der Waals surface area contributed by atoms with Crippen LogP contribution in [0.25, 0.3) is 0 Å². The maximum absolute atomic E-state index is 5.44. The highest BCUT2D eigenvalue weighted by molar-refractivity contribution is 9.13. The Morgan fingerprint density at radius 3 is 2.60 bits per heavy atom. The summed E-state index contributed by atoms with van der Waals surface area (Å²) in [7, 11) is 1.71. The lowest BCUT2D eigenvalue weighted by molar-refractivity contribution is 0.410. The highest BCUT2D eigenvalue weighted by Gasteiger charge is 2.18. The number of nitrogens with one attached hydrogen (secondary N) is 1. The van der Waals surface area contributed by atoms with Crippen molar-refractivity contribution in [2.75, 3.05) is 13.7 Å². The molecule has 0 aliphatic heterocycles. The predicted molar refractivity (Wildman–Crippen MR) is 93.0 cm³/mol. The summed E-state index contributed by atoms with van der Waals surface area (Å²) in [5.41, 5.74) is 2.37. The SMILES string of the molecule is CCNC(c1ccc(C)c(OC)c1)c1cc(Br)c(Br)s1. The van der Waals surface area contributed by atoms with Crippen LogP contribution in [0.5, 0.6) is 5.75 Å². The van der Waals surface area contributed by atoms with Gasteiger partial charge in [0.2, 0.25) is 0 Å². The average molecular weight is 419 g/mol. The maximum atomic E-state index is 5.44. The number of hydrogen-bond donors (Lipinski definition) is 1. The molecule has 0 saturated heterocycles. The van der Waals surface area contributed by atoms with Crippen molar-refractivity contribution in [1.29, 1.82) is 0 Å². The van der Waals surface area contributed by atoms with Crippen LogP contribution in [0.4, 0.5) is 0 Å². The molecular weight excluding hydrogens is 402 g/mol. The molecule has 108 valence electrons. The van der Waals surface area contributed by atoms with Gasteiger partial charge >= 0.3 is 0 Å². The molecule has 0 fully saturated rings. The molecule has 1 atom stereocenters. The van der Waals surface area contributed by atoms with Gasteiger partial charge < -0.3 is 10.1 Å². The second-order valence-electron chi connectivity index (χ2n) is 4.49. The van der Waals surface area contributed by atoms with E-state index in [2.05, 4.69) is 75.3 Å². The van der Waals surface area contributed by atoms with E-state index in [-0.39, 0.29) is 6.04 Å². The van der Waals surface area contributed by atoms with Crippen molar-refractivity contribution < 1.29 is 4.74 Å². The summed E-state index contributed by atoms with van der Waals surface area (Å²) in [4.78, 5) is 1.27. The fourth-order valence-electron chi connectivity index (χ4n) is 2.11. The summed E-state index contributed by atoms with van der Waals surface area (Å²) in [6.07, 6.45) is 0. The molecule has 0 amide bonds. The first kappa shape index (κ1) is 16.0. The lowest BCUT2D eigenvalue weighted by atomic mass is 10.0. The number of thiophene rings is 1. The summed E-state index contributed by atoms with van der Waals surface area (Å²) in [6, 6.07) is 8.73. The van der Waals surface area contributed by atoms with Crippen molar-refractivity contribution >= 4 is 43.2 Å². The third-order valence-corrected chi connectivity index (χ3v) is 6.44. The quantitative estimate of drug-likeness (QED) is 0.712. The Morgan fingerprint density at radius 2 is 2.05 bits per heavy atom. The minimum Gasteiger partial charge on any atom is -0.496 e. The predicted octanol–water partition coefficient (Wildman–Crippen LogP) is 5.29. The largest absolute Gasteiger partial charge is 0.496 e. The summed E-state index contributed by atoms with van der Waals surface area (Å²) >= 11 is 8.87. The van der Waals surface area contributed by atoms with Gasteiger partial charge in [-0.15, -0.1) is 11.3 Å². The number of hydrogen-bond acceptors (Lipinski definition) is 3. The second kappa shape index (κ2) is 7.07. The van der Waals surface area contributed by atoms with Crippen LogP contribution in [0.2, 0.25) is 0 Å². The van der Waals surface area contributed by atoms with Gasteiger partial charge in [-0.1, -0.05) is 19.1 Å². The van der Waals surface area contributed by atoms with Crippen LogP contribution in [-0.4, -0.2) is 13.7 Å². The molecule has 2 aromatic rings. The zero-order chi connectivity index (χ0) is 14.7. The van der Waals surface area contributed by atoms with Gasteiger partial charge in [0.25, 0.3) is 0 Å². The Kier molecular flexibility index (Phi) is 5.66. The van der Waals surface area contributed by atoms with Gasteiger partial charge in [0, 0.05) is 9.35 Å². The first-order chi connectivity index (χ1) is 9.56. The van der Waals surface area contributed by atoms with Crippen molar-refractivity contribution in [1.82, 2.24) is 5.32 Å². The van der Waals surface area contributed by atoms with Gasteiger partial charge in [0.05, 0.1) is 16.9 Å². The van der Waals surface area contributed by atoms with Crippen molar-refractivity contribution in [2.24, 2.45) is 0 Å². The molecule has 1 aromatic heterocycles. The first-order valence-electron chi connectivity index (χ1n) is 6.39. The second-order valence-corrected chi connectivity index (χ2v) is 7.75. The van der Waals surface area contributed by atoms with Crippen LogP contribution < -0.4 is 10.1 Å². The molecule has 0 spiro atoms. The van der Waals surface area contributed by atoms with E-state index in [9.17, 15) is 0 Å². The van der Waals surface area contributed by atoms with E-state index in [1.165, 1.54) is 10.4 Å². The fraction of sp³-hybridized carbons (Fsp3) is 0.333. The fourth-order valence-corrected chi connectivity index (χ4v) is 4.30. The standard InChI is InChI=1S/C15H17Br2NOS/c1-4-18-14(13-8-11(16)15(17)20-13)10-6-5-9(2)12(7-10)19-3/h5-8,14,18H,4H2,1-3H3. The number of rotatable bonds is 5. The molecule has 20 heavy (non-hydrogen) atoms. The summed E-state index contributed by atoms with van der Waals surface area (Å²) in [6.45, 7) is 5.09. The molecule has 0 aliphatic rings. The molecule has 1 N–H and O–H groups in total. The number of ether oxygens (including phenoxy) is 1. The Bertz CT molecular complexity index is 578. The molecule has 0 aliphatic carbocycles. The smallest absolute Gasteiger partial charge is 0.122 e. The van der Waals surface area contributed by atoms with E-state index < -0.39 is 0 Å². The number of halogens is 2. The minimum atomic E-state index is 0.182. The van der Waals surface area contributed by atoms with Gasteiger partial charge in [-0.2, -0.15) is 0 Å². The Morgan fingerprint density at radius 1 is 1.30 bits per heavy atom. The number of benzene rings is 1. The Hall–Kier alpha value is -0.360. The Labute approximate surface area is 140 Å². The molecule has 0 saturated carbocycles. The highest BCUT2D eigenvalue weighted by atomic mass is 79.9. The van der Waals surface area contributed by atoms with E-state index >= 15 is 0 Å². The van der Waals surface area contributed by atoms with Gasteiger partial charge in [0.1, 0.15) is 5.75 Å². The average Bonchev–Trinajstić information content (AvgIpc) is 2.76. The van der Waals surface area contributed by atoms with E-state index in [1.54, 1.807) is 18.4 Å². The molecule has 0 bridgehead atoms. The molecule has 2 nitrogen and oxygen atoms in total. The lowest BCUT2D eigenvalue weighted by Crippen LogP contribution is -2.21. The van der Waals surface area contributed by atoms with Crippen LogP contribution in [-0.2, 0) is 0 Å². The zero-order valence-electron chi connectivity index (χ0n) is 11.7. The molecule has 1 heterocycles. The van der Waals surface area contributed by atoms with Crippen molar-refractivity contribution in [3.05, 3.63) is 48.5 Å². The summed E-state index contributed by atoms with van der Waals surface area (Å²) in [5.74, 6) is 0.931. The van der Waals surface area contributed by atoms with Crippen molar-refractivity contribution in [3.8, 4) is 5.75 Å². The third kappa shape index (κ3) is 3.45. The van der Waals surface area contributed by atoms with Crippen LogP contribution in [0.3, 0.4) is 0 Å². The Balaban J connectivity index is 2.42. The normalized spacial score (nSPS) is 12.4. The van der Waals surface area contributed by atoms with Crippen LogP contribution in [0.15, 0.2) is 32.5 Å². The van der Waals surface area contributed by atoms with Gasteiger partial charge in [-0.05, 0) is 68.6 Å². The monoisotopic (exact) mass is 417 g/mol. The molecule has 0 radical (unpaired) electrons. The summed E-state index contributed by atoms with van der Waals surface area (Å²) < 4.78 is 7.65. The zero-order valence-corrected chi connectivity index (χ0v) is 15.7. The van der Waals surface area contributed by atoms with Crippen molar-refractivity contribution in [2.45, 2.75) is 19.9 Å². The van der Waals surface area contributed by atoms with E-state index in [1.807, 2.05) is 0 Å². The molecule has 5 heteroatoms. The van der Waals surface area contributed by atoms with Crippen LogP contribution in [0.1, 0.15) is 29.0 Å². The van der Waals surface area contributed by atoms with Crippen LogP contribution in [0, 0.1) is 6.92 Å². The number of aryl methyl sites for hydroxylation is 1. The first-order valence-corrected chi connectivity index (χ1v) is 8.79. The molecular formula is C15H17Br2NOS. The molecule has 1 aromatic carbocycles. The molecule has 2 rings (SSSR count). The van der Waals surface area contributed by atoms with Gasteiger partial charge in [-0.3, -0.25) is 0 Å². The topological polar surface area (TPSA) is 21.3 Å². The third-order valence-electron chi connectivity index (χ3n) is 3.12. The van der Waals surface area contributed by atoms with Gasteiger partial charge in [-0.25, -0.2) is 0 Å².